The summed E-state index contributed by atoms with van der Waals surface area (Å²) in [5.41, 5.74) is 0. The van der Waals surface area contributed by atoms with Crippen LogP contribution < -0.4 is 0 Å². The molecule has 0 aliphatic carbocycles. The van der Waals surface area contributed by atoms with Crippen molar-refractivity contribution in [3.63, 3.8) is 0 Å². The molecule has 0 radical (unpaired) electrons. The van der Waals surface area contributed by atoms with E-state index in [0.29, 0.717) is 18.3 Å². The minimum atomic E-state index is 0.207. The Hall–Kier alpha value is -0.670. The van der Waals surface area contributed by atoms with Gasteiger partial charge in [0.15, 0.2) is 0 Å². The first-order valence-electron chi connectivity index (χ1n) is 6.03. The minimum absolute atomic E-state index is 0.207. The Bertz CT molecular complexity index is 371. The van der Waals surface area contributed by atoms with E-state index in [9.17, 15) is 4.79 Å². The first-order chi connectivity index (χ1) is 7.83. The van der Waals surface area contributed by atoms with E-state index in [0.717, 1.165) is 19.3 Å². The standard InChI is InChI=1S/C13H16O2S/c14-12(5-4-10-2-1-7-16-10)11-8-9-3-6-13(11)15-9/h1-2,7,9,11,13H,3-6,8H2. The molecule has 3 atom stereocenters. The van der Waals surface area contributed by atoms with Crippen molar-refractivity contribution >= 4 is 17.1 Å². The molecule has 2 nitrogen and oxygen atoms in total. The van der Waals surface area contributed by atoms with Gasteiger partial charge in [-0.15, -0.1) is 11.3 Å². The minimum Gasteiger partial charge on any atom is -0.374 e. The number of hydrogen-bond donors (Lipinski definition) is 0. The number of rotatable bonds is 4. The summed E-state index contributed by atoms with van der Waals surface area (Å²) in [6.45, 7) is 0. The van der Waals surface area contributed by atoms with Crippen molar-refractivity contribution in [2.75, 3.05) is 0 Å². The van der Waals surface area contributed by atoms with Crippen LogP contribution >= 0.6 is 11.3 Å². The first kappa shape index (κ1) is 10.5. The highest BCUT2D eigenvalue weighted by Gasteiger charge is 2.43. The van der Waals surface area contributed by atoms with Gasteiger partial charge in [-0.1, -0.05) is 6.07 Å². The molecule has 0 saturated carbocycles. The number of carbonyl (C=O) groups is 1. The number of ketones is 1. The van der Waals surface area contributed by atoms with Crippen LogP contribution in [-0.4, -0.2) is 18.0 Å². The third-order valence-electron chi connectivity index (χ3n) is 3.72. The molecule has 2 fully saturated rings. The van der Waals surface area contributed by atoms with Crippen molar-refractivity contribution in [2.45, 2.75) is 44.3 Å². The number of carbonyl (C=O) groups excluding carboxylic acids is 1. The molecule has 0 spiro atoms. The van der Waals surface area contributed by atoms with Gasteiger partial charge < -0.3 is 4.74 Å². The van der Waals surface area contributed by atoms with E-state index < -0.39 is 0 Å². The topological polar surface area (TPSA) is 26.3 Å². The number of fused-ring (bicyclic) bond motifs is 2. The van der Waals surface area contributed by atoms with Gasteiger partial charge in [0.25, 0.3) is 0 Å². The van der Waals surface area contributed by atoms with Crippen LogP contribution in [0, 0.1) is 5.92 Å². The van der Waals surface area contributed by atoms with E-state index in [4.69, 9.17) is 4.74 Å². The van der Waals surface area contributed by atoms with E-state index in [1.165, 1.54) is 11.3 Å². The fourth-order valence-electron chi connectivity index (χ4n) is 2.86. The molecule has 0 amide bonds. The maximum absolute atomic E-state index is 12.1. The van der Waals surface area contributed by atoms with Crippen LogP contribution in [0.5, 0.6) is 0 Å². The smallest absolute Gasteiger partial charge is 0.139 e. The molecule has 2 aliphatic heterocycles. The monoisotopic (exact) mass is 236 g/mol. The van der Waals surface area contributed by atoms with Crippen LogP contribution in [0.15, 0.2) is 17.5 Å². The molecule has 86 valence electrons. The molecule has 2 saturated heterocycles. The number of Topliss-reactive ketones (excluding diaryl/α,β-unsaturated/α-hetero) is 1. The molecular formula is C13H16O2S. The summed E-state index contributed by atoms with van der Waals surface area (Å²) >= 11 is 1.74. The Morgan fingerprint density at radius 3 is 3.06 bits per heavy atom. The zero-order valence-electron chi connectivity index (χ0n) is 9.22. The first-order valence-corrected chi connectivity index (χ1v) is 6.91. The Labute approximate surface area is 99.6 Å². The molecule has 3 rings (SSSR count). The Kier molecular flexibility index (Phi) is 2.82. The SMILES string of the molecule is O=C(CCc1cccs1)C1CC2CCC1O2. The lowest BCUT2D eigenvalue weighted by Crippen LogP contribution is -2.25. The highest BCUT2D eigenvalue weighted by Crippen LogP contribution is 2.39. The summed E-state index contributed by atoms with van der Waals surface area (Å²) in [6.07, 6.45) is 5.48. The number of ether oxygens (including phenoxy) is 1. The Morgan fingerprint density at radius 2 is 2.44 bits per heavy atom. The van der Waals surface area contributed by atoms with E-state index in [2.05, 4.69) is 11.4 Å². The van der Waals surface area contributed by atoms with Crippen LogP contribution in [0.3, 0.4) is 0 Å². The average molecular weight is 236 g/mol. The van der Waals surface area contributed by atoms with Crippen LogP contribution in [0.4, 0.5) is 0 Å². The van der Waals surface area contributed by atoms with Gasteiger partial charge in [0, 0.05) is 17.2 Å². The molecule has 16 heavy (non-hydrogen) atoms. The largest absolute Gasteiger partial charge is 0.374 e. The summed E-state index contributed by atoms with van der Waals surface area (Å²) in [4.78, 5) is 13.4. The lowest BCUT2D eigenvalue weighted by atomic mass is 9.85. The average Bonchev–Trinajstić information content (AvgIpc) is 3.01. The number of thiophene rings is 1. The summed E-state index contributed by atoms with van der Waals surface area (Å²) in [7, 11) is 0. The second-order valence-electron chi connectivity index (χ2n) is 4.76. The van der Waals surface area contributed by atoms with Gasteiger partial charge in [-0.05, 0) is 37.1 Å². The molecule has 2 aliphatic rings. The van der Waals surface area contributed by atoms with Gasteiger partial charge >= 0.3 is 0 Å². The van der Waals surface area contributed by atoms with Gasteiger partial charge in [-0.25, -0.2) is 0 Å². The molecule has 2 bridgehead atoms. The zero-order valence-corrected chi connectivity index (χ0v) is 10.0. The van der Waals surface area contributed by atoms with Crippen LogP contribution in [0.2, 0.25) is 0 Å². The fourth-order valence-corrected chi connectivity index (χ4v) is 3.57. The van der Waals surface area contributed by atoms with Crippen LogP contribution in [0.25, 0.3) is 0 Å². The van der Waals surface area contributed by atoms with Gasteiger partial charge in [-0.3, -0.25) is 4.79 Å². The lowest BCUT2D eigenvalue weighted by molar-refractivity contribution is -0.124. The van der Waals surface area contributed by atoms with Gasteiger partial charge in [0.2, 0.25) is 0 Å². The molecule has 0 N–H and O–H groups in total. The Morgan fingerprint density at radius 1 is 1.50 bits per heavy atom. The maximum atomic E-state index is 12.1. The third-order valence-corrected chi connectivity index (χ3v) is 4.65. The third kappa shape index (κ3) is 1.94. The van der Waals surface area contributed by atoms with Crippen LogP contribution in [-0.2, 0) is 16.0 Å². The molecular weight excluding hydrogens is 220 g/mol. The lowest BCUT2D eigenvalue weighted by Gasteiger charge is -2.16. The highest BCUT2D eigenvalue weighted by molar-refractivity contribution is 7.09. The van der Waals surface area contributed by atoms with E-state index in [-0.39, 0.29) is 12.0 Å². The van der Waals surface area contributed by atoms with Crippen molar-refractivity contribution in [3.05, 3.63) is 22.4 Å². The molecule has 0 aromatic carbocycles. The van der Waals surface area contributed by atoms with Crippen molar-refractivity contribution in [1.82, 2.24) is 0 Å². The second kappa shape index (κ2) is 4.30. The quantitative estimate of drug-likeness (QED) is 0.803. The fraction of sp³-hybridized carbons (Fsp3) is 0.615. The molecule has 1 aromatic rings. The molecule has 3 unspecified atom stereocenters. The van der Waals surface area contributed by atoms with E-state index in [1.54, 1.807) is 11.3 Å². The van der Waals surface area contributed by atoms with Gasteiger partial charge in [0.05, 0.1) is 12.2 Å². The van der Waals surface area contributed by atoms with Crippen molar-refractivity contribution in [1.29, 1.82) is 0 Å². The van der Waals surface area contributed by atoms with Crippen molar-refractivity contribution in [3.8, 4) is 0 Å². The predicted molar refractivity (Wildman–Crippen MR) is 63.6 cm³/mol. The van der Waals surface area contributed by atoms with E-state index >= 15 is 0 Å². The zero-order chi connectivity index (χ0) is 11.0. The van der Waals surface area contributed by atoms with Gasteiger partial charge in [-0.2, -0.15) is 0 Å². The normalized spacial score (nSPS) is 32.1. The number of aryl methyl sites for hydroxylation is 1. The molecule has 3 heteroatoms. The van der Waals surface area contributed by atoms with Crippen molar-refractivity contribution < 1.29 is 9.53 Å². The molecule has 1 aromatic heterocycles. The van der Waals surface area contributed by atoms with Crippen molar-refractivity contribution in [2.24, 2.45) is 5.92 Å². The summed E-state index contributed by atoms with van der Waals surface area (Å²) < 4.78 is 5.72. The second-order valence-corrected chi connectivity index (χ2v) is 5.79. The molecule has 3 heterocycles. The Balaban J connectivity index is 1.54. The summed E-state index contributed by atoms with van der Waals surface area (Å²) in [5, 5.41) is 2.07. The highest BCUT2D eigenvalue weighted by atomic mass is 32.1. The van der Waals surface area contributed by atoms with E-state index in [1.807, 2.05) is 6.07 Å². The van der Waals surface area contributed by atoms with Crippen LogP contribution in [0.1, 0.15) is 30.6 Å². The maximum Gasteiger partial charge on any atom is 0.139 e. The summed E-state index contributed by atoms with van der Waals surface area (Å²) in [5.74, 6) is 0.624. The van der Waals surface area contributed by atoms with Gasteiger partial charge in [0.1, 0.15) is 5.78 Å². The predicted octanol–water partition coefficient (Wildman–Crippen LogP) is 2.82. The summed E-state index contributed by atoms with van der Waals surface area (Å²) in [6, 6.07) is 4.15. The number of hydrogen-bond acceptors (Lipinski definition) is 3.